The van der Waals surface area contributed by atoms with E-state index in [1.54, 1.807) is 6.07 Å². The Morgan fingerprint density at radius 2 is 1.78 bits per heavy atom. The Kier molecular flexibility index (Phi) is 3.41. The smallest absolute Gasteiger partial charge is 0.229 e. The molecule has 0 bridgehead atoms. The highest BCUT2D eigenvalue weighted by Gasteiger charge is 2.16. The van der Waals surface area contributed by atoms with Crippen molar-refractivity contribution in [2.24, 2.45) is 0 Å². The average Bonchev–Trinajstić information content (AvgIpc) is 2.73. The van der Waals surface area contributed by atoms with Gasteiger partial charge in [-0.25, -0.2) is 8.42 Å². The molecule has 94 valence electrons. The van der Waals surface area contributed by atoms with Gasteiger partial charge in [0.25, 0.3) is 0 Å². The van der Waals surface area contributed by atoms with Crippen LogP contribution in [0.2, 0.25) is 0 Å². The van der Waals surface area contributed by atoms with Gasteiger partial charge in [0, 0.05) is 11.8 Å². The van der Waals surface area contributed by atoms with Crippen LogP contribution in [0.1, 0.15) is 16.1 Å². The zero-order valence-electron chi connectivity index (χ0n) is 9.38. The molecule has 0 radical (unpaired) electrons. The molecule has 0 spiro atoms. The Hall–Kier alpha value is -1.40. The molecular weight excluding hydrogens is 320 g/mol. The second-order valence-electron chi connectivity index (χ2n) is 3.72. The van der Waals surface area contributed by atoms with E-state index in [9.17, 15) is 13.2 Å². The van der Waals surface area contributed by atoms with E-state index >= 15 is 0 Å². The van der Waals surface area contributed by atoms with Crippen LogP contribution < -0.4 is 0 Å². The molecule has 0 amide bonds. The third-order valence-corrected chi connectivity index (χ3v) is 4.12. The molecule has 0 aliphatic heterocycles. The van der Waals surface area contributed by atoms with Crippen LogP contribution >= 0.6 is 15.9 Å². The molecule has 0 unspecified atom stereocenters. The molecule has 2 rings (SSSR count). The van der Waals surface area contributed by atoms with Gasteiger partial charge in [0.2, 0.25) is 5.78 Å². The van der Waals surface area contributed by atoms with Gasteiger partial charge in [-0.2, -0.15) is 0 Å². The summed E-state index contributed by atoms with van der Waals surface area (Å²) in [7, 11) is -3.25. The maximum Gasteiger partial charge on any atom is 0.229 e. The number of hydrogen-bond acceptors (Lipinski definition) is 4. The van der Waals surface area contributed by atoms with Crippen LogP contribution in [0.5, 0.6) is 0 Å². The van der Waals surface area contributed by atoms with Crippen molar-refractivity contribution in [1.29, 1.82) is 0 Å². The largest absolute Gasteiger partial charge is 0.460 e. The molecule has 0 aliphatic carbocycles. The van der Waals surface area contributed by atoms with Crippen LogP contribution in [0.15, 0.2) is 50.4 Å². The molecule has 0 atom stereocenters. The molecule has 18 heavy (non-hydrogen) atoms. The van der Waals surface area contributed by atoms with E-state index in [-0.39, 0.29) is 16.4 Å². The molecule has 0 aliphatic rings. The van der Waals surface area contributed by atoms with Gasteiger partial charge in [-0.15, -0.1) is 0 Å². The van der Waals surface area contributed by atoms with Crippen molar-refractivity contribution in [3.05, 3.63) is 52.4 Å². The van der Waals surface area contributed by atoms with Crippen LogP contribution in [0.25, 0.3) is 0 Å². The zero-order valence-corrected chi connectivity index (χ0v) is 11.8. The molecule has 0 saturated carbocycles. The number of carbonyl (C=O) groups is 1. The second-order valence-corrected chi connectivity index (χ2v) is 6.59. The van der Waals surface area contributed by atoms with E-state index in [2.05, 4.69) is 15.9 Å². The van der Waals surface area contributed by atoms with E-state index in [4.69, 9.17) is 4.42 Å². The fourth-order valence-electron chi connectivity index (χ4n) is 1.44. The summed E-state index contributed by atoms with van der Waals surface area (Å²) in [5.41, 5.74) is 0.373. The number of rotatable bonds is 3. The molecule has 0 fully saturated rings. The highest BCUT2D eigenvalue weighted by atomic mass is 79.9. The number of furan rings is 1. The quantitative estimate of drug-likeness (QED) is 0.812. The number of sulfone groups is 1. The monoisotopic (exact) mass is 328 g/mol. The summed E-state index contributed by atoms with van der Waals surface area (Å²) in [6.45, 7) is 0. The molecule has 0 N–H and O–H groups in total. The van der Waals surface area contributed by atoms with E-state index < -0.39 is 9.84 Å². The summed E-state index contributed by atoms with van der Waals surface area (Å²) in [5, 5.41) is 0. The first-order valence-electron chi connectivity index (χ1n) is 4.97. The number of halogens is 1. The van der Waals surface area contributed by atoms with Crippen molar-refractivity contribution in [3.8, 4) is 0 Å². The van der Waals surface area contributed by atoms with Gasteiger partial charge < -0.3 is 4.42 Å². The Morgan fingerprint density at radius 3 is 2.22 bits per heavy atom. The minimum Gasteiger partial charge on any atom is -0.460 e. The van der Waals surface area contributed by atoms with Crippen molar-refractivity contribution in [2.45, 2.75) is 4.90 Å². The summed E-state index contributed by atoms with van der Waals surface area (Å²) < 4.78 is 28.2. The highest BCUT2D eigenvalue weighted by Crippen LogP contribution is 2.21. The lowest BCUT2D eigenvalue weighted by Crippen LogP contribution is -2.02. The van der Waals surface area contributed by atoms with Gasteiger partial charge in [0.05, 0.1) is 15.6 Å². The third kappa shape index (κ3) is 2.54. The predicted molar refractivity (Wildman–Crippen MR) is 69.4 cm³/mol. The SMILES string of the molecule is CS(=O)(=O)c1ccc(C(=O)c2occc2Br)cc1. The van der Waals surface area contributed by atoms with E-state index in [0.717, 1.165) is 6.26 Å². The van der Waals surface area contributed by atoms with Crippen LogP contribution in [0, 0.1) is 0 Å². The molecule has 0 saturated heterocycles. The second kappa shape index (κ2) is 4.70. The fourth-order valence-corrected chi connectivity index (χ4v) is 2.45. The third-order valence-electron chi connectivity index (χ3n) is 2.37. The number of ketones is 1. The average molecular weight is 329 g/mol. The molecule has 1 aromatic carbocycles. The standard InChI is InChI=1S/C12H9BrO4S/c1-18(15,16)9-4-2-8(3-5-9)11(14)12-10(13)6-7-17-12/h2-7H,1H3. The predicted octanol–water partition coefficient (Wildman–Crippen LogP) is 2.68. The maximum absolute atomic E-state index is 12.0. The summed E-state index contributed by atoms with van der Waals surface area (Å²) in [6.07, 6.45) is 2.52. The Bertz CT molecular complexity index is 683. The van der Waals surface area contributed by atoms with Gasteiger partial charge in [0.1, 0.15) is 0 Å². The van der Waals surface area contributed by atoms with Crippen molar-refractivity contribution in [2.75, 3.05) is 6.26 Å². The number of carbonyl (C=O) groups excluding carboxylic acids is 1. The number of benzene rings is 1. The zero-order chi connectivity index (χ0) is 13.3. The van der Waals surface area contributed by atoms with Crippen molar-refractivity contribution in [3.63, 3.8) is 0 Å². The van der Waals surface area contributed by atoms with Crippen molar-refractivity contribution >= 4 is 31.6 Å². The molecule has 1 heterocycles. The summed E-state index contributed by atoms with van der Waals surface area (Å²) in [4.78, 5) is 12.2. The first-order valence-corrected chi connectivity index (χ1v) is 7.66. The van der Waals surface area contributed by atoms with E-state index in [1.807, 2.05) is 0 Å². The first-order chi connectivity index (χ1) is 8.39. The van der Waals surface area contributed by atoms with E-state index in [0.29, 0.717) is 10.0 Å². The Morgan fingerprint density at radius 1 is 1.17 bits per heavy atom. The molecule has 2 aromatic rings. The Labute approximate surface area is 113 Å². The van der Waals surface area contributed by atoms with Crippen LogP contribution in [0.3, 0.4) is 0 Å². The number of hydrogen-bond donors (Lipinski definition) is 0. The van der Waals surface area contributed by atoms with Crippen LogP contribution in [0.4, 0.5) is 0 Å². The highest BCUT2D eigenvalue weighted by molar-refractivity contribution is 9.10. The lowest BCUT2D eigenvalue weighted by atomic mass is 10.1. The molecule has 1 aromatic heterocycles. The summed E-state index contributed by atoms with van der Waals surface area (Å²) >= 11 is 3.20. The van der Waals surface area contributed by atoms with Gasteiger partial charge >= 0.3 is 0 Å². The molecule has 4 nitrogen and oxygen atoms in total. The maximum atomic E-state index is 12.0. The van der Waals surface area contributed by atoms with E-state index in [1.165, 1.54) is 30.5 Å². The summed E-state index contributed by atoms with van der Waals surface area (Å²) in [5.74, 6) is -0.103. The fraction of sp³-hybridized carbons (Fsp3) is 0.0833. The minimum absolute atomic E-state index is 0.178. The normalized spacial score (nSPS) is 11.4. The topological polar surface area (TPSA) is 64.3 Å². The molecular formula is C12H9BrO4S. The first kappa shape index (κ1) is 13.0. The van der Waals surface area contributed by atoms with Crippen molar-refractivity contribution in [1.82, 2.24) is 0 Å². The van der Waals surface area contributed by atoms with Gasteiger partial charge in [-0.3, -0.25) is 4.79 Å². The van der Waals surface area contributed by atoms with Crippen molar-refractivity contribution < 1.29 is 17.6 Å². The Balaban J connectivity index is 2.37. The van der Waals surface area contributed by atoms with Crippen LogP contribution in [-0.4, -0.2) is 20.5 Å². The molecule has 6 heteroatoms. The van der Waals surface area contributed by atoms with Gasteiger partial charge in [-0.1, -0.05) is 0 Å². The lowest BCUT2D eigenvalue weighted by Gasteiger charge is -2.01. The summed E-state index contributed by atoms with van der Waals surface area (Å²) in [6, 6.07) is 7.36. The van der Waals surface area contributed by atoms with Gasteiger partial charge in [0.15, 0.2) is 15.6 Å². The lowest BCUT2D eigenvalue weighted by molar-refractivity contribution is 0.101. The van der Waals surface area contributed by atoms with Crippen LogP contribution in [-0.2, 0) is 9.84 Å². The minimum atomic E-state index is -3.25. The van der Waals surface area contributed by atoms with Gasteiger partial charge in [-0.05, 0) is 46.3 Å².